The number of rotatable bonds is 3. The molecular formula is C13H18N4OS. The number of nitrogens with two attached hydrogens (primary N) is 1. The number of ether oxygens (including phenoxy) is 1. The minimum absolute atomic E-state index is 0.330. The molecule has 0 aromatic carbocycles. The highest BCUT2D eigenvalue weighted by Gasteiger charge is 2.20. The maximum absolute atomic E-state index is 5.97. The van der Waals surface area contributed by atoms with Crippen LogP contribution in [0.5, 0.6) is 0 Å². The zero-order chi connectivity index (χ0) is 13.2. The predicted molar refractivity (Wildman–Crippen MR) is 77.1 cm³/mol. The minimum atomic E-state index is 0.330. The SMILES string of the molecule is COC1CCCN(Cc2nc(N)c3ccsc3n2)C1. The molecule has 1 unspecified atom stereocenters. The lowest BCUT2D eigenvalue weighted by molar-refractivity contribution is 0.0277. The number of piperidine rings is 1. The van der Waals surface area contributed by atoms with Gasteiger partial charge in [-0.1, -0.05) is 0 Å². The number of thiophene rings is 1. The molecule has 3 rings (SSSR count). The largest absolute Gasteiger partial charge is 0.383 e. The average molecular weight is 278 g/mol. The fourth-order valence-corrected chi connectivity index (χ4v) is 3.33. The zero-order valence-electron chi connectivity index (χ0n) is 11.0. The number of nitrogen functional groups attached to an aromatic ring is 1. The van der Waals surface area contributed by atoms with Crippen molar-refractivity contribution in [1.82, 2.24) is 14.9 Å². The Balaban J connectivity index is 1.77. The first kappa shape index (κ1) is 12.8. The van der Waals surface area contributed by atoms with Gasteiger partial charge < -0.3 is 10.5 Å². The minimum Gasteiger partial charge on any atom is -0.383 e. The molecule has 0 saturated carbocycles. The summed E-state index contributed by atoms with van der Waals surface area (Å²) in [5, 5.41) is 2.96. The molecule has 1 aliphatic rings. The van der Waals surface area contributed by atoms with Crippen molar-refractivity contribution >= 4 is 27.4 Å². The molecule has 1 saturated heterocycles. The van der Waals surface area contributed by atoms with E-state index < -0.39 is 0 Å². The van der Waals surface area contributed by atoms with Gasteiger partial charge in [-0.3, -0.25) is 4.90 Å². The number of fused-ring (bicyclic) bond motifs is 1. The summed E-state index contributed by atoms with van der Waals surface area (Å²) < 4.78 is 5.44. The number of anilines is 1. The van der Waals surface area contributed by atoms with Crippen LogP contribution in [0.25, 0.3) is 10.2 Å². The van der Waals surface area contributed by atoms with E-state index in [-0.39, 0.29) is 0 Å². The van der Waals surface area contributed by atoms with Crippen molar-refractivity contribution in [3.63, 3.8) is 0 Å². The smallest absolute Gasteiger partial charge is 0.146 e. The van der Waals surface area contributed by atoms with Crippen molar-refractivity contribution < 1.29 is 4.74 Å². The Morgan fingerprint density at radius 2 is 2.42 bits per heavy atom. The third-order valence-corrected chi connectivity index (χ3v) is 4.37. The van der Waals surface area contributed by atoms with Crippen molar-refractivity contribution in [1.29, 1.82) is 0 Å². The molecule has 5 nitrogen and oxygen atoms in total. The maximum atomic E-state index is 5.97. The monoisotopic (exact) mass is 278 g/mol. The van der Waals surface area contributed by atoms with Crippen LogP contribution >= 0.6 is 11.3 Å². The highest BCUT2D eigenvalue weighted by Crippen LogP contribution is 2.23. The third-order valence-electron chi connectivity index (χ3n) is 3.56. The summed E-state index contributed by atoms with van der Waals surface area (Å²) in [5.74, 6) is 1.39. The second kappa shape index (κ2) is 5.40. The highest BCUT2D eigenvalue weighted by atomic mass is 32.1. The van der Waals surface area contributed by atoms with Crippen LogP contribution in [0.4, 0.5) is 5.82 Å². The van der Waals surface area contributed by atoms with E-state index in [0.717, 1.165) is 48.5 Å². The zero-order valence-corrected chi connectivity index (χ0v) is 11.8. The van der Waals surface area contributed by atoms with Crippen LogP contribution in [0, 0.1) is 0 Å². The lowest BCUT2D eigenvalue weighted by Gasteiger charge is -2.31. The van der Waals surface area contributed by atoms with Crippen LogP contribution in [0.2, 0.25) is 0 Å². The normalized spacial score (nSPS) is 21.0. The summed E-state index contributed by atoms with van der Waals surface area (Å²) in [6.07, 6.45) is 2.63. The van der Waals surface area contributed by atoms with E-state index in [4.69, 9.17) is 10.5 Å². The molecule has 6 heteroatoms. The molecule has 1 aliphatic heterocycles. The number of nitrogens with zero attached hydrogens (tertiary/aromatic N) is 3. The molecule has 0 aliphatic carbocycles. The molecule has 0 spiro atoms. The third kappa shape index (κ3) is 2.70. The molecule has 0 bridgehead atoms. The molecule has 19 heavy (non-hydrogen) atoms. The van der Waals surface area contributed by atoms with Crippen LogP contribution in [0.15, 0.2) is 11.4 Å². The van der Waals surface area contributed by atoms with Crippen molar-refractivity contribution in [3.05, 3.63) is 17.3 Å². The van der Waals surface area contributed by atoms with Gasteiger partial charge in [0.2, 0.25) is 0 Å². The standard InChI is InChI=1S/C13H18N4OS/c1-18-9-3-2-5-17(7-9)8-11-15-12(14)10-4-6-19-13(10)16-11/h4,6,9H,2-3,5,7-8H2,1H3,(H2,14,15,16). The summed E-state index contributed by atoms with van der Waals surface area (Å²) in [6.45, 7) is 2.77. The van der Waals surface area contributed by atoms with Gasteiger partial charge in [-0.05, 0) is 30.8 Å². The lowest BCUT2D eigenvalue weighted by atomic mass is 10.1. The molecule has 2 aromatic heterocycles. The Morgan fingerprint density at radius 3 is 3.26 bits per heavy atom. The van der Waals surface area contributed by atoms with E-state index in [1.54, 1.807) is 18.4 Å². The Morgan fingerprint density at radius 1 is 1.53 bits per heavy atom. The van der Waals surface area contributed by atoms with Gasteiger partial charge in [0.05, 0.1) is 18.0 Å². The van der Waals surface area contributed by atoms with Gasteiger partial charge in [-0.15, -0.1) is 11.3 Å². The Bertz CT molecular complexity index is 571. The van der Waals surface area contributed by atoms with Crippen molar-refractivity contribution in [2.24, 2.45) is 0 Å². The van der Waals surface area contributed by atoms with E-state index in [0.29, 0.717) is 11.9 Å². The van der Waals surface area contributed by atoms with Gasteiger partial charge in [-0.2, -0.15) is 0 Å². The van der Waals surface area contributed by atoms with Crippen LogP contribution < -0.4 is 5.73 Å². The quantitative estimate of drug-likeness (QED) is 0.928. The molecule has 2 N–H and O–H groups in total. The molecule has 0 amide bonds. The van der Waals surface area contributed by atoms with Gasteiger partial charge in [-0.25, -0.2) is 9.97 Å². The van der Waals surface area contributed by atoms with Crippen LogP contribution in [0.1, 0.15) is 18.7 Å². The van der Waals surface area contributed by atoms with Gasteiger partial charge in [0, 0.05) is 13.7 Å². The van der Waals surface area contributed by atoms with Crippen molar-refractivity contribution in [3.8, 4) is 0 Å². The second-order valence-corrected chi connectivity index (χ2v) is 5.79. The van der Waals surface area contributed by atoms with Crippen LogP contribution in [-0.4, -0.2) is 41.2 Å². The van der Waals surface area contributed by atoms with Crippen LogP contribution in [0.3, 0.4) is 0 Å². The van der Waals surface area contributed by atoms with E-state index in [2.05, 4.69) is 14.9 Å². The molecule has 1 fully saturated rings. The number of hydrogen-bond donors (Lipinski definition) is 1. The Labute approximate surface area is 116 Å². The van der Waals surface area contributed by atoms with E-state index in [1.165, 1.54) is 0 Å². The number of hydrogen-bond acceptors (Lipinski definition) is 6. The fourth-order valence-electron chi connectivity index (χ4n) is 2.54. The van der Waals surface area contributed by atoms with Gasteiger partial charge in [0.25, 0.3) is 0 Å². The van der Waals surface area contributed by atoms with Crippen molar-refractivity contribution in [2.75, 3.05) is 25.9 Å². The topological polar surface area (TPSA) is 64.3 Å². The Kier molecular flexibility index (Phi) is 3.63. The number of aromatic nitrogens is 2. The number of methoxy groups -OCH3 is 1. The average Bonchev–Trinajstić information content (AvgIpc) is 2.88. The predicted octanol–water partition coefficient (Wildman–Crippen LogP) is 1.88. The number of likely N-dealkylation sites (tertiary alicyclic amines) is 1. The summed E-state index contributed by atoms with van der Waals surface area (Å²) in [7, 11) is 1.78. The van der Waals surface area contributed by atoms with Crippen molar-refractivity contribution in [2.45, 2.75) is 25.5 Å². The molecular weight excluding hydrogens is 260 g/mol. The molecule has 1 atom stereocenters. The second-order valence-electron chi connectivity index (χ2n) is 4.90. The summed E-state index contributed by atoms with van der Waals surface area (Å²) in [4.78, 5) is 12.3. The van der Waals surface area contributed by atoms with E-state index in [9.17, 15) is 0 Å². The summed E-state index contributed by atoms with van der Waals surface area (Å²) in [5.41, 5.74) is 5.97. The van der Waals surface area contributed by atoms with E-state index >= 15 is 0 Å². The first-order chi connectivity index (χ1) is 9.26. The van der Waals surface area contributed by atoms with Crippen LogP contribution in [-0.2, 0) is 11.3 Å². The molecule has 3 heterocycles. The Hall–Kier alpha value is -1.24. The maximum Gasteiger partial charge on any atom is 0.146 e. The molecule has 0 radical (unpaired) electrons. The van der Waals surface area contributed by atoms with Gasteiger partial charge in [0.15, 0.2) is 0 Å². The first-order valence-corrected chi connectivity index (χ1v) is 7.39. The summed E-state index contributed by atoms with van der Waals surface area (Å²) in [6, 6.07) is 1.97. The lowest BCUT2D eigenvalue weighted by Crippen LogP contribution is -2.39. The van der Waals surface area contributed by atoms with Gasteiger partial charge >= 0.3 is 0 Å². The van der Waals surface area contributed by atoms with E-state index in [1.807, 2.05) is 11.4 Å². The molecule has 2 aromatic rings. The molecule has 102 valence electrons. The fraction of sp³-hybridized carbons (Fsp3) is 0.538. The first-order valence-electron chi connectivity index (χ1n) is 6.51. The highest BCUT2D eigenvalue weighted by molar-refractivity contribution is 7.16. The summed E-state index contributed by atoms with van der Waals surface area (Å²) >= 11 is 1.61. The van der Waals surface area contributed by atoms with Gasteiger partial charge in [0.1, 0.15) is 16.5 Å².